The van der Waals surface area contributed by atoms with E-state index in [4.69, 9.17) is 4.84 Å². The fourth-order valence-electron chi connectivity index (χ4n) is 2.58. The Hall–Kier alpha value is -2.13. The van der Waals surface area contributed by atoms with E-state index in [1.807, 2.05) is 74.5 Å². The van der Waals surface area contributed by atoms with Crippen LogP contribution in [0.5, 0.6) is 0 Å². The lowest BCUT2D eigenvalue weighted by Crippen LogP contribution is -2.37. The lowest BCUT2D eigenvalue weighted by atomic mass is 9.99. The molecule has 0 aliphatic heterocycles. The standard InChI is InChI=1S/C19H23NO2/c1-15(14-17-10-6-4-7-11-17)19(21)20(22-3)16(2)18-12-8-5-9-13-18/h4-13,15-16H,14H2,1-3H3/t15-,16+/m0/s1. The number of carbonyl (C=O) groups is 1. The molecule has 0 heterocycles. The first kappa shape index (κ1) is 16.2. The van der Waals surface area contributed by atoms with Crippen LogP contribution in [0.25, 0.3) is 0 Å². The van der Waals surface area contributed by atoms with Crippen LogP contribution in [0.15, 0.2) is 60.7 Å². The first-order chi connectivity index (χ1) is 10.6. The monoisotopic (exact) mass is 297 g/mol. The highest BCUT2D eigenvalue weighted by Crippen LogP contribution is 2.23. The van der Waals surface area contributed by atoms with Gasteiger partial charge in [0.2, 0.25) is 5.91 Å². The van der Waals surface area contributed by atoms with Crippen LogP contribution in [0.3, 0.4) is 0 Å². The molecule has 0 spiro atoms. The molecule has 3 nitrogen and oxygen atoms in total. The molecule has 0 aliphatic rings. The van der Waals surface area contributed by atoms with Crippen LogP contribution in [-0.4, -0.2) is 18.1 Å². The minimum Gasteiger partial charge on any atom is -0.274 e. The van der Waals surface area contributed by atoms with E-state index in [0.29, 0.717) is 6.42 Å². The van der Waals surface area contributed by atoms with Gasteiger partial charge in [-0.15, -0.1) is 0 Å². The van der Waals surface area contributed by atoms with Crippen LogP contribution < -0.4 is 0 Å². The Morgan fingerprint density at radius 1 is 1.00 bits per heavy atom. The molecule has 0 bridgehead atoms. The maximum Gasteiger partial charge on any atom is 0.249 e. The highest BCUT2D eigenvalue weighted by molar-refractivity contribution is 5.78. The second-order valence-corrected chi connectivity index (χ2v) is 5.52. The molecular formula is C19H23NO2. The lowest BCUT2D eigenvalue weighted by Gasteiger charge is -2.29. The minimum atomic E-state index is -0.131. The first-order valence-electron chi connectivity index (χ1n) is 7.59. The van der Waals surface area contributed by atoms with Crippen molar-refractivity contribution < 1.29 is 9.63 Å². The van der Waals surface area contributed by atoms with Crippen molar-refractivity contribution in [3.8, 4) is 0 Å². The highest BCUT2D eigenvalue weighted by Gasteiger charge is 2.26. The SMILES string of the molecule is CON(C(=O)[C@@H](C)Cc1ccccc1)[C@H](C)c1ccccc1. The Kier molecular flexibility index (Phi) is 5.73. The maximum absolute atomic E-state index is 12.7. The van der Waals surface area contributed by atoms with Crippen LogP contribution in [0.1, 0.15) is 31.0 Å². The topological polar surface area (TPSA) is 29.5 Å². The van der Waals surface area contributed by atoms with Crippen molar-refractivity contribution in [1.29, 1.82) is 0 Å². The van der Waals surface area contributed by atoms with Crippen LogP contribution in [0.4, 0.5) is 0 Å². The Morgan fingerprint density at radius 2 is 1.55 bits per heavy atom. The molecule has 3 heteroatoms. The third-order valence-electron chi connectivity index (χ3n) is 3.85. The normalized spacial score (nSPS) is 13.4. The van der Waals surface area contributed by atoms with E-state index >= 15 is 0 Å². The fraction of sp³-hybridized carbons (Fsp3) is 0.316. The molecule has 2 atom stereocenters. The van der Waals surface area contributed by atoms with Gasteiger partial charge in [-0.25, -0.2) is 5.06 Å². The van der Waals surface area contributed by atoms with Crippen molar-refractivity contribution in [1.82, 2.24) is 5.06 Å². The Labute approximate surface area is 132 Å². The van der Waals surface area contributed by atoms with Crippen molar-refractivity contribution in [2.75, 3.05) is 7.11 Å². The van der Waals surface area contributed by atoms with Gasteiger partial charge >= 0.3 is 0 Å². The van der Waals surface area contributed by atoms with Gasteiger partial charge in [0, 0.05) is 5.92 Å². The summed E-state index contributed by atoms with van der Waals surface area (Å²) < 4.78 is 0. The van der Waals surface area contributed by atoms with Crippen LogP contribution in [0.2, 0.25) is 0 Å². The van der Waals surface area contributed by atoms with E-state index in [2.05, 4.69) is 0 Å². The molecule has 0 radical (unpaired) electrons. The molecule has 0 aliphatic carbocycles. The summed E-state index contributed by atoms with van der Waals surface area (Å²) in [6.07, 6.45) is 0.709. The summed E-state index contributed by atoms with van der Waals surface area (Å²) in [5, 5.41) is 1.48. The van der Waals surface area contributed by atoms with Gasteiger partial charge < -0.3 is 0 Å². The second-order valence-electron chi connectivity index (χ2n) is 5.52. The van der Waals surface area contributed by atoms with E-state index in [9.17, 15) is 4.79 Å². The summed E-state index contributed by atoms with van der Waals surface area (Å²) in [6.45, 7) is 3.92. The van der Waals surface area contributed by atoms with Gasteiger partial charge in [0.05, 0.1) is 13.2 Å². The zero-order valence-electron chi connectivity index (χ0n) is 13.4. The average Bonchev–Trinajstić information content (AvgIpc) is 2.57. The minimum absolute atomic E-state index is 0.00251. The molecule has 0 unspecified atom stereocenters. The van der Waals surface area contributed by atoms with Gasteiger partial charge in [0.15, 0.2) is 0 Å². The van der Waals surface area contributed by atoms with Gasteiger partial charge in [-0.1, -0.05) is 67.6 Å². The number of nitrogens with zero attached hydrogens (tertiary/aromatic N) is 1. The molecule has 0 N–H and O–H groups in total. The molecular weight excluding hydrogens is 274 g/mol. The number of rotatable bonds is 6. The molecule has 22 heavy (non-hydrogen) atoms. The number of hydroxylamine groups is 2. The molecule has 116 valence electrons. The van der Waals surface area contributed by atoms with E-state index in [1.165, 1.54) is 5.06 Å². The van der Waals surface area contributed by atoms with E-state index in [0.717, 1.165) is 11.1 Å². The number of hydrogen-bond donors (Lipinski definition) is 0. The quantitative estimate of drug-likeness (QED) is 0.754. The predicted molar refractivity (Wildman–Crippen MR) is 88.0 cm³/mol. The second kappa shape index (κ2) is 7.76. The van der Waals surface area contributed by atoms with Crippen molar-refractivity contribution in [2.45, 2.75) is 26.3 Å². The Bertz CT molecular complexity index is 583. The fourth-order valence-corrected chi connectivity index (χ4v) is 2.58. The van der Waals surface area contributed by atoms with Gasteiger partial charge in [0.25, 0.3) is 0 Å². The number of amides is 1. The van der Waals surface area contributed by atoms with Crippen LogP contribution in [0, 0.1) is 5.92 Å². The summed E-state index contributed by atoms with van der Waals surface area (Å²) in [4.78, 5) is 18.1. The molecule has 0 aromatic heterocycles. The number of benzene rings is 2. The van der Waals surface area contributed by atoms with Gasteiger partial charge in [-0.05, 0) is 24.5 Å². The Morgan fingerprint density at radius 3 is 2.09 bits per heavy atom. The number of carbonyl (C=O) groups excluding carboxylic acids is 1. The summed E-state index contributed by atoms with van der Waals surface area (Å²) in [5.41, 5.74) is 2.22. The summed E-state index contributed by atoms with van der Waals surface area (Å²) in [6, 6.07) is 19.9. The Balaban J connectivity index is 2.08. The largest absolute Gasteiger partial charge is 0.274 e. The molecule has 0 fully saturated rings. The lowest BCUT2D eigenvalue weighted by molar-refractivity contribution is -0.191. The van der Waals surface area contributed by atoms with E-state index in [1.54, 1.807) is 7.11 Å². The van der Waals surface area contributed by atoms with Crippen LogP contribution in [-0.2, 0) is 16.1 Å². The third kappa shape index (κ3) is 3.95. The summed E-state index contributed by atoms with van der Waals surface area (Å²) in [7, 11) is 1.55. The molecule has 2 rings (SSSR count). The predicted octanol–water partition coefficient (Wildman–Crippen LogP) is 4.02. The van der Waals surface area contributed by atoms with Gasteiger partial charge in [-0.3, -0.25) is 9.63 Å². The molecule has 1 amide bonds. The van der Waals surface area contributed by atoms with Gasteiger partial charge in [-0.2, -0.15) is 0 Å². The number of hydrogen-bond acceptors (Lipinski definition) is 2. The van der Waals surface area contributed by atoms with Crippen molar-refractivity contribution >= 4 is 5.91 Å². The smallest absolute Gasteiger partial charge is 0.249 e. The van der Waals surface area contributed by atoms with Crippen molar-refractivity contribution in [2.24, 2.45) is 5.92 Å². The van der Waals surface area contributed by atoms with Crippen molar-refractivity contribution in [3.05, 3.63) is 71.8 Å². The highest BCUT2D eigenvalue weighted by atomic mass is 16.7. The summed E-state index contributed by atoms with van der Waals surface area (Å²) in [5.74, 6) is -0.129. The van der Waals surface area contributed by atoms with Crippen molar-refractivity contribution in [3.63, 3.8) is 0 Å². The third-order valence-corrected chi connectivity index (χ3v) is 3.85. The zero-order chi connectivity index (χ0) is 15.9. The summed E-state index contributed by atoms with van der Waals surface area (Å²) >= 11 is 0. The van der Waals surface area contributed by atoms with Gasteiger partial charge in [0.1, 0.15) is 0 Å². The zero-order valence-corrected chi connectivity index (χ0v) is 13.4. The van der Waals surface area contributed by atoms with E-state index in [-0.39, 0.29) is 17.9 Å². The molecule has 2 aromatic carbocycles. The molecule has 0 saturated carbocycles. The maximum atomic E-state index is 12.7. The van der Waals surface area contributed by atoms with Crippen LogP contribution >= 0.6 is 0 Å². The van der Waals surface area contributed by atoms with E-state index < -0.39 is 0 Å². The molecule has 0 saturated heterocycles. The first-order valence-corrected chi connectivity index (χ1v) is 7.59. The molecule has 2 aromatic rings. The average molecular weight is 297 g/mol.